The van der Waals surface area contributed by atoms with Gasteiger partial charge < -0.3 is 10.2 Å². The van der Waals surface area contributed by atoms with Gasteiger partial charge in [-0.15, -0.1) is 12.6 Å². The molecule has 1 rings (SSSR count). The van der Waals surface area contributed by atoms with Crippen LogP contribution in [0.2, 0.25) is 0 Å². The maximum absolute atomic E-state index is 10.4. The van der Waals surface area contributed by atoms with Crippen molar-refractivity contribution < 1.29 is 19.8 Å². The first kappa shape index (κ1) is 12.5. The third-order valence-electron chi connectivity index (χ3n) is 1.13. The maximum Gasteiger partial charge on any atom is 0.336 e. The smallest absolute Gasteiger partial charge is 0.336 e. The molecule has 0 radical (unpaired) electrons. The third kappa shape index (κ3) is 5.21. The van der Waals surface area contributed by atoms with Gasteiger partial charge in [-0.05, 0) is 12.1 Å². The van der Waals surface area contributed by atoms with E-state index in [1.807, 2.05) is 0 Å². The van der Waals surface area contributed by atoms with Crippen LogP contribution in [0.15, 0.2) is 29.2 Å². The molecule has 76 valence electrons. The average molecular weight is 214 g/mol. The van der Waals surface area contributed by atoms with E-state index in [9.17, 15) is 4.79 Å². The Morgan fingerprint density at radius 2 is 1.64 bits per heavy atom. The van der Waals surface area contributed by atoms with E-state index in [0.29, 0.717) is 4.90 Å². The van der Waals surface area contributed by atoms with Gasteiger partial charge in [-0.1, -0.05) is 12.1 Å². The van der Waals surface area contributed by atoms with E-state index in [-0.39, 0.29) is 5.56 Å². The highest BCUT2D eigenvalue weighted by Gasteiger charge is 2.03. The summed E-state index contributed by atoms with van der Waals surface area (Å²) in [4.78, 5) is 19.9. The van der Waals surface area contributed by atoms with Gasteiger partial charge >= 0.3 is 5.97 Å². The van der Waals surface area contributed by atoms with Crippen molar-refractivity contribution in [1.29, 1.82) is 0 Å². The summed E-state index contributed by atoms with van der Waals surface area (Å²) in [5.41, 5.74) is 0.242. The lowest BCUT2D eigenvalue weighted by molar-refractivity contribution is -0.134. The van der Waals surface area contributed by atoms with Crippen molar-refractivity contribution in [3.63, 3.8) is 0 Å². The average Bonchev–Trinajstić information content (AvgIpc) is 2.03. The van der Waals surface area contributed by atoms with Crippen LogP contribution in [0.5, 0.6) is 0 Å². The summed E-state index contributed by atoms with van der Waals surface area (Å²) in [5, 5.41) is 15.9. The van der Waals surface area contributed by atoms with Crippen LogP contribution in [-0.2, 0) is 4.79 Å². The van der Waals surface area contributed by atoms with Gasteiger partial charge in [-0.3, -0.25) is 4.79 Å². The molecule has 0 saturated carbocycles. The molecule has 0 aromatic heterocycles. The first-order valence-corrected chi connectivity index (χ1v) is 4.10. The molecule has 5 heteroatoms. The molecule has 0 aliphatic heterocycles. The SMILES string of the molecule is CC(=O)O.O=C(O)c1ccccc1S. The zero-order valence-corrected chi connectivity index (χ0v) is 8.36. The van der Waals surface area contributed by atoms with Crippen molar-refractivity contribution in [2.75, 3.05) is 0 Å². The quantitative estimate of drug-likeness (QED) is 0.623. The predicted molar refractivity (Wildman–Crippen MR) is 54.0 cm³/mol. The Hall–Kier alpha value is -1.49. The van der Waals surface area contributed by atoms with E-state index in [2.05, 4.69) is 12.6 Å². The zero-order valence-electron chi connectivity index (χ0n) is 7.47. The van der Waals surface area contributed by atoms with Crippen molar-refractivity contribution in [3.05, 3.63) is 29.8 Å². The molecular formula is C9H10O4S. The number of rotatable bonds is 1. The van der Waals surface area contributed by atoms with E-state index in [1.165, 1.54) is 6.07 Å². The molecule has 0 spiro atoms. The molecule has 1 aromatic carbocycles. The summed E-state index contributed by atoms with van der Waals surface area (Å²) in [6.45, 7) is 1.08. The summed E-state index contributed by atoms with van der Waals surface area (Å²) >= 11 is 3.96. The van der Waals surface area contributed by atoms with Crippen molar-refractivity contribution in [1.82, 2.24) is 0 Å². The molecule has 0 saturated heterocycles. The van der Waals surface area contributed by atoms with E-state index in [4.69, 9.17) is 15.0 Å². The summed E-state index contributed by atoms with van der Waals surface area (Å²) in [6.07, 6.45) is 0. The Kier molecular flexibility index (Phi) is 5.40. The van der Waals surface area contributed by atoms with Gasteiger partial charge in [0.25, 0.3) is 5.97 Å². The number of hydrogen-bond acceptors (Lipinski definition) is 3. The number of thiol groups is 1. The highest BCUT2D eigenvalue weighted by atomic mass is 32.1. The van der Waals surface area contributed by atoms with Gasteiger partial charge in [0, 0.05) is 11.8 Å². The third-order valence-corrected chi connectivity index (χ3v) is 1.52. The highest BCUT2D eigenvalue weighted by Crippen LogP contribution is 2.11. The zero-order chi connectivity index (χ0) is 11.1. The molecule has 0 fully saturated rings. The normalized spacial score (nSPS) is 8.43. The molecule has 0 aliphatic rings. The Labute approximate surface area is 86.6 Å². The number of benzene rings is 1. The number of carboxylic acid groups (broad SMARTS) is 2. The standard InChI is InChI=1S/C7H6O2S.C2H4O2/c8-7(9)5-3-1-2-4-6(5)10;1-2(3)4/h1-4,10H,(H,8,9);1H3,(H,3,4). The fourth-order valence-electron chi connectivity index (χ4n) is 0.654. The van der Waals surface area contributed by atoms with Crippen LogP contribution in [0.3, 0.4) is 0 Å². The van der Waals surface area contributed by atoms with E-state index < -0.39 is 11.9 Å². The lowest BCUT2D eigenvalue weighted by Gasteiger charge is -1.95. The molecule has 0 bridgehead atoms. The van der Waals surface area contributed by atoms with Crippen LogP contribution in [-0.4, -0.2) is 22.2 Å². The fourth-order valence-corrected chi connectivity index (χ4v) is 0.911. The lowest BCUT2D eigenvalue weighted by atomic mass is 10.2. The minimum atomic E-state index is -0.939. The minimum Gasteiger partial charge on any atom is -0.481 e. The molecule has 0 atom stereocenters. The van der Waals surface area contributed by atoms with Crippen LogP contribution in [0.4, 0.5) is 0 Å². The van der Waals surface area contributed by atoms with Crippen molar-refractivity contribution in [2.24, 2.45) is 0 Å². The number of hydrogen-bond donors (Lipinski definition) is 3. The van der Waals surface area contributed by atoms with E-state index in [1.54, 1.807) is 18.2 Å². The largest absolute Gasteiger partial charge is 0.481 e. The lowest BCUT2D eigenvalue weighted by Crippen LogP contribution is -1.96. The van der Waals surface area contributed by atoms with Crippen LogP contribution in [0.1, 0.15) is 17.3 Å². The molecule has 1 aromatic rings. The van der Waals surface area contributed by atoms with Crippen molar-refractivity contribution in [3.8, 4) is 0 Å². The number of carboxylic acids is 2. The second-order valence-corrected chi connectivity index (χ2v) is 2.82. The van der Waals surface area contributed by atoms with Crippen molar-refractivity contribution in [2.45, 2.75) is 11.8 Å². The Morgan fingerprint density at radius 1 is 1.21 bits per heavy atom. The second kappa shape index (κ2) is 6.04. The Bertz CT molecular complexity index is 331. The van der Waals surface area contributed by atoms with E-state index in [0.717, 1.165) is 6.92 Å². The van der Waals surface area contributed by atoms with E-state index >= 15 is 0 Å². The molecule has 0 amide bonds. The highest BCUT2D eigenvalue weighted by molar-refractivity contribution is 7.80. The maximum atomic E-state index is 10.4. The summed E-state index contributed by atoms with van der Waals surface area (Å²) in [7, 11) is 0. The molecule has 0 heterocycles. The first-order chi connectivity index (χ1) is 6.45. The van der Waals surface area contributed by atoms with Crippen LogP contribution < -0.4 is 0 Å². The molecule has 0 aliphatic carbocycles. The number of carbonyl (C=O) groups is 2. The minimum absolute atomic E-state index is 0.242. The van der Waals surface area contributed by atoms with Crippen molar-refractivity contribution >= 4 is 24.6 Å². The van der Waals surface area contributed by atoms with Gasteiger partial charge in [0.2, 0.25) is 0 Å². The predicted octanol–water partition coefficient (Wildman–Crippen LogP) is 1.76. The van der Waals surface area contributed by atoms with Gasteiger partial charge in [0.15, 0.2) is 0 Å². The molecule has 2 N–H and O–H groups in total. The van der Waals surface area contributed by atoms with Crippen LogP contribution in [0.25, 0.3) is 0 Å². The molecule has 4 nitrogen and oxygen atoms in total. The van der Waals surface area contributed by atoms with Gasteiger partial charge in [0.05, 0.1) is 5.56 Å². The summed E-state index contributed by atoms with van der Waals surface area (Å²) in [5.74, 6) is -1.77. The molecule has 14 heavy (non-hydrogen) atoms. The monoisotopic (exact) mass is 214 g/mol. The second-order valence-electron chi connectivity index (χ2n) is 2.34. The fraction of sp³-hybridized carbons (Fsp3) is 0.111. The number of aromatic carboxylic acids is 1. The van der Waals surface area contributed by atoms with Gasteiger partial charge in [-0.25, -0.2) is 4.79 Å². The Morgan fingerprint density at radius 3 is 1.93 bits per heavy atom. The number of aliphatic carboxylic acids is 1. The first-order valence-electron chi connectivity index (χ1n) is 3.66. The summed E-state index contributed by atoms with van der Waals surface area (Å²) < 4.78 is 0. The van der Waals surface area contributed by atoms with Crippen LogP contribution >= 0.6 is 12.6 Å². The van der Waals surface area contributed by atoms with Crippen LogP contribution in [0, 0.1) is 0 Å². The topological polar surface area (TPSA) is 74.6 Å². The molecule has 0 unspecified atom stereocenters. The summed E-state index contributed by atoms with van der Waals surface area (Å²) in [6, 6.07) is 6.58. The Balaban J connectivity index is 0.000000364. The molecular weight excluding hydrogens is 204 g/mol. The van der Waals surface area contributed by atoms with Gasteiger partial charge in [-0.2, -0.15) is 0 Å². The van der Waals surface area contributed by atoms with Gasteiger partial charge in [0.1, 0.15) is 0 Å².